The van der Waals surface area contributed by atoms with Crippen LogP contribution in [0.4, 0.5) is 8.78 Å². The SMILES string of the molecule is NC(=NO)C1CCCN1Cc1cccc(F)c1F. The van der Waals surface area contributed by atoms with Crippen molar-refractivity contribution in [3.8, 4) is 0 Å². The van der Waals surface area contributed by atoms with Gasteiger partial charge < -0.3 is 10.9 Å². The smallest absolute Gasteiger partial charge is 0.163 e. The maximum absolute atomic E-state index is 13.6. The van der Waals surface area contributed by atoms with Gasteiger partial charge in [0.2, 0.25) is 0 Å². The second-order valence-corrected chi connectivity index (χ2v) is 4.37. The van der Waals surface area contributed by atoms with Gasteiger partial charge in [-0.05, 0) is 25.5 Å². The molecule has 0 amide bonds. The van der Waals surface area contributed by atoms with Gasteiger partial charge in [0.15, 0.2) is 17.5 Å². The molecule has 2 rings (SSSR count). The second-order valence-electron chi connectivity index (χ2n) is 4.37. The van der Waals surface area contributed by atoms with Gasteiger partial charge in [0, 0.05) is 12.1 Å². The summed E-state index contributed by atoms with van der Waals surface area (Å²) in [6.45, 7) is 0.974. The number of hydrogen-bond donors (Lipinski definition) is 2. The van der Waals surface area contributed by atoms with Crippen molar-refractivity contribution in [3.63, 3.8) is 0 Å². The van der Waals surface area contributed by atoms with Crippen molar-refractivity contribution in [2.75, 3.05) is 6.54 Å². The van der Waals surface area contributed by atoms with Gasteiger partial charge in [-0.15, -0.1) is 0 Å². The molecule has 3 N–H and O–H groups in total. The van der Waals surface area contributed by atoms with E-state index >= 15 is 0 Å². The highest BCUT2D eigenvalue weighted by atomic mass is 19.2. The average Bonchev–Trinajstić information content (AvgIpc) is 2.82. The number of rotatable bonds is 3. The summed E-state index contributed by atoms with van der Waals surface area (Å²) >= 11 is 0. The molecule has 1 heterocycles. The molecular weight excluding hydrogens is 240 g/mol. The number of oxime groups is 1. The maximum atomic E-state index is 13.6. The first-order valence-electron chi connectivity index (χ1n) is 5.78. The summed E-state index contributed by atoms with van der Waals surface area (Å²) in [7, 11) is 0. The zero-order valence-electron chi connectivity index (χ0n) is 9.81. The molecule has 0 bridgehead atoms. The number of nitrogens with two attached hydrogens (primary N) is 1. The number of nitrogens with zero attached hydrogens (tertiary/aromatic N) is 2. The first-order valence-corrected chi connectivity index (χ1v) is 5.78. The third-order valence-electron chi connectivity index (χ3n) is 3.23. The van der Waals surface area contributed by atoms with Crippen molar-refractivity contribution < 1.29 is 14.0 Å². The highest BCUT2D eigenvalue weighted by molar-refractivity contribution is 5.85. The topological polar surface area (TPSA) is 61.9 Å². The predicted octanol–water partition coefficient (Wildman–Crippen LogP) is 1.68. The van der Waals surface area contributed by atoms with Gasteiger partial charge in [-0.2, -0.15) is 0 Å². The number of amidine groups is 1. The molecule has 1 aliphatic heterocycles. The molecule has 0 aromatic heterocycles. The molecule has 98 valence electrons. The van der Waals surface area contributed by atoms with E-state index in [1.54, 1.807) is 6.07 Å². The molecule has 0 aliphatic carbocycles. The van der Waals surface area contributed by atoms with Gasteiger partial charge in [0.25, 0.3) is 0 Å². The fourth-order valence-corrected chi connectivity index (χ4v) is 2.31. The Balaban J connectivity index is 2.16. The summed E-state index contributed by atoms with van der Waals surface area (Å²) < 4.78 is 26.6. The number of hydrogen-bond acceptors (Lipinski definition) is 3. The number of benzene rings is 1. The molecule has 1 aromatic rings. The maximum Gasteiger partial charge on any atom is 0.163 e. The van der Waals surface area contributed by atoms with Gasteiger partial charge in [0.1, 0.15) is 0 Å². The van der Waals surface area contributed by atoms with E-state index in [1.807, 2.05) is 4.90 Å². The number of halogens is 2. The summed E-state index contributed by atoms with van der Waals surface area (Å²) in [6, 6.07) is 3.89. The van der Waals surface area contributed by atoms with E-state index < -0.39 is 11.6 Å². The minimum atomic E-state index is -0.855. The van der Waals surface area contributed by atoms with E-state index in [2.05, 4.69) is 5.16 Å². The molecule has 1 fully saturated rings. The summed E-state index contributed by atoms with van der Waals surface area (Å²) in [5.41, 5.74) is 5.87. The zero-order valence-corrected chi connectivity index (χ0v) is 9.81. The van der Waals surface area contributed by atoms with Crippen LogP contribution in [0.25, 0.3) is 0 Å². The molecule has 1 saturated heterocycles. The first kappa shape index (κ1) is 12.8. The Bertz CT molecular complexity index is 465. The van der Waals surface area contributed by atoms with Crippen LogP contribution in [0.5, 0.6) is 0 Å². The molecule has 18 heavy (non-hydrogen) atoms. The standard InChI is InChI=1S/C12H15F2N3O/c13-9-4-1-3-8(11(9)14)7-17-6-2-5-10(17)12(15)16-18/h1,3-4,10,18H,2,5-7H2,(H2,15,16). The fourth-order valence-electron chi connectivity index (χ4n) is 2.31. The quantitative estimate of drug-likeness (QED) is 0.374. The zero-order chi connectivity index (χ0) is 13.1. The first-order chi connectivity index (χ1) is 8.63. The molecule has 4 nitrogen and oxygen atoms in total. The summed E-state index contributed by atoms with van der Waals surface area (Å²) in [4.78, 5) is 1.88. The number of likely N-dealkylation sites (tertiary alicyclic amines) is 1. The lowest BCUT2D eigenvalue weighted by Gasteiger charge is -2.23. The van der Waals surface area contributed by atoms with Crippen LogP contribution in [-0.2, 0) is 6.54 Å². The Hall–Kier alpha value is -1.69. The largest absolute Gasteiger partial charge is 0.409 e. The van der Waals surface area contributed by atoms with Gasteiger partial charge in [-0.1, -0.05) is 17.3 Å². The highest BCUT2D eigenvalue weighted by Crippen LogP contribution is 2.22. The molecule has 0 radical (unpaired) electrons. The van der Waals surface area contributed by atoms with Crippen molar-refractivity contribution in [1.29, 1.82) is 0 Å². The molecule has 1 atom stereocenters. The Kier molecular flexibility index (Phi) is 3.76. The highest BCUT2D eigenvalue weighted by Gasteiger charge is 2.28. The molecular formula is C12H15F2N3O. The van der Waals surface area contributed by atoms with Crippen molar-refractivity contribution in [1.82, 2.24) is 4.90 Å². The van der Waals surface area contributed by atoms with Crippen LogP contribution in [-0.4, -0.2) is 28.5 Å². The fraction of sp³-hybridized carbons (Fsp3) is 0.417. The Morgan fingerprint density at radius 3 is 3.00 bits per heavy atom. The third kappa shape index (κ3) is 2.43. The molecule has 1 unspecified atom stereocenters. The van der Waals surface area contributed by atoms with Crippen LogP contribution >= 0.6 is 0 Å². The lowest BCUT2D eigenvalue weighted by Crippen LogP contribution is -2.40. The molecule has 6 heteroatoms. The van der Waals surface area contributed by atoms with Crippen LogP contribution < -0.4 is 5.73 Å². The monoisotopic (exact) mass is 255 g/mol. The van der Waals surface area contributed by atoms with E-state index in [0.29, 0.717) is 0 Å². The Labute approximate surface area is 104 Å². The van der Waals surface area contributed by atoms with Gasteiger partial charge in [-0.25, -0.2) is 8.78 Å². The van der Waals surface area contributed by atoms with E-state index in [1.165, 1.54) is 6.07 Å². The Morgan fingerprint density at radius 1 is 1.50 bits per heavy atom. The van der Waals surface area contributed by atoms with Crippen molar-refractivity contribution in [2.24, 2.45) is 10.9 Å². The van der Waals surface area contributed by atoms with Gasteiger partial charge in [0.05, 0.1) is 6.04 Å². The van der Waals surface area contributed by atoms with Crippen LogP contribution in [0.1, 0.15) is 18.4 Å². The minimum Gasteiger partial charge on any atom is -0.409 e. The van der Waals surface area contributed by atoms with Crippen molar-refractivity contribution in [3.05, 3.63) is 35.4 Å². The van der Waals surface area contributed by atoms with Crippen LogP contribution in [0.2, 0.25) is 0 Å². The summed E-state index contributed by atoms with van der Waals surface area (Å²) in [5, 5.41) is 11.7. The van der Waals surface area contributed by atoms with E-state index in [-0.39, 0.29) is 24.0 Å². The Morgan fingerprint density at radius 2 is 2.28 bits per heavy atom. The van der Waals surface area contributed by atoms with Crippen molar-refractivity contribution in [2.45, 2.75) is 25.4 Å². The minimum absolute atomic E-state index is 0.115. The molecule has 0 saturated carbocycles. The van der Waals surface area contributed by atoms with Crippen LogP contribution in [0, 0.1) is 11.6 Å². The molecule has 1 aliphatic rings. The molecule has 1 aromatic carbocycles. The van der Waals surface area contributed by atoms with E-state index in [9.17, 15) is 8.78 Å². The van der Waals surface area contributed by atoms with Gasteiger partial charge >= 0.3 is 0 Å². The van der Waals surface area contributed by atoms with Crippen LogP contribution in [0.3, 0.4) is 0 Å². The lowest BCUT2D eigenvalue weighted by atomic mass is 10.1. The average molecular weight is 255 g/mol. The lowest BCUT2D eigenvalue weighted by molar-refractivity contribution is 0.271. The van der Waals surface area contributed by atoms with E-state index in [0.717, 1.165) is 25.5 Å². The predicted molar refractivity (Wildman–Crippen MR) is 63.2 cm³/mol. The second kappa shape index (κ2) is 5.30. The molecule has 0 spiro atoms. The summed E-state index contributed by atoms with van der Waals surface area (Å²) in [6.07, 6.45) is 1.64. The summed E-state index contributed by atoms with van der Waals surface area (Å²) in [5.74, 6) is -1.57. The van der Waals surface area contributed by atoms with Crippen molar-refractivity contribution >= 4 is 5.84 Å². The third-order valence-corrected chi connectivity index (χ3v) is 3.23. The van der Waals surface area contributed by atoms with E-state index in [4.69, 9.17) is 10.9 Å². The van der Waals surface area contributed by atoms with Crippen LogP contribution in [0.15, 0.2) is 23.4 Å². The van der Waals surface area contributed by atoms with Gasteiger partial charge in [-0.3, -0.25) is 4.90 Å². The normalized spacial score (nSPS) is 21.4.